The first-order valence-corrected chi connectivity index (χ1v) is 9.57. The summed E-state index contributed by atoms with van der Waals surface area (Å²) in [7, 11) is 0. The zero-order valence-electron chi connectivity index (χ0n) is 15.9. The molecule has 0 amide bonds. The van der Waals surface area contributed by atoms with Crippen molar-refractivity contribution in [2.45, 2.75) is 46.1 Å². The topological polar surface area (TPSA) is 51.5 Å². The van der Waals surface area contributed by atoms with Crippen LogP contribution < -0.4 is 10.9 Å². The van der Waals surface area contributed by atoms with Crippen LogP contribution in [0.5, 0.6) is 0 Å². The zero-order chi connectivity index (χ0) is 18.5. The highest BCUT2D eigenvalue weighted by Gasteiger charge is 2.22. The van der Waals surface area contributed by atoms with Gasteiger partial charge in [0.1, 0.15) is 6.04 Å². The Morgan fingerprint density at radius 3 is 2.50 bits per heavy atom. The van der Waals surface area contributed by atoms with Crippen LogP contribution in [0.4, 0.5) is 0 Å². The molecule has 0 spiro atoms. The predicted molar refractivity (Wildman–Crippen MR) is 107 cm³/mol. The molecule has 4 nitrogen and oxygen atoms in total. The van der Waals surface area contributed by atoms with Crippen LogP contribution in [0.2, 0.25) is 0 Å². The molecule has 0 aliphatic rings. The van der Waals surface area contributed by atoms with E-state index in [-0.39, 0.29) is 11.6 Å². The minimum absolute atomic E-state index is 0.0109. The van der Waals surface area contributed by atoms with E-state index in [0.717, 1.165) is 30.0 Å². The number of para-hydroxylation sites is 1. The van der Waals surface area contributed by atoms with Crippen LogP contribution in [-0.2, 0) is 0 Å². The molecule has 0 saturated carbocycles. The van der Waals surface area contributed by atoms with Crippen LogP contribution in [0.1, 0.15) is 50.5 Å². The summed E-state index contributed by atoms with van der Waals surface area (Å²) < 4.78 is 1.80. The molecule has 1 atom stereocenters. The highest BCUT2D eigenvalue weighted by atomic mass is 16.1. The Bertz CT molecular complexity index is 928. The van der Waals surface area contributed by atoms with Gasteiger partial charge < -0.3 is 5.32 Å². The third-order valence-corrected chi connectivity index (χ3v) is 4.87. The largest absolute Gasteiger partial charge is 0.338 e. The zero-order valence-corrected chi connectivity index (χ0v) is 15.9. The Morgan fingerprint density at radius 1 is 1.08 bits per heavy atom. The van der Waals surface area contributed by atoms with Crippen LogP contribution >= 0.6 is 0 Å². The lowest BCUT2D eigenvalue weighted by atomic mass is 10.1. The fourth-order valence-corrected chi connectivity index (χ4v) is 3.32. The van der Waals surface area contributed by atoms with Gasteiger partial charge in [-0.05, 0) is 37.6 Å². The molecule has 3 aromatic rings. The molecule has 1 heterocycles. The molecule has 136 valence electrons. The smallest absolute Gasteiger partial charge is 0.266 e. The Morgan fingerprint density at radius 2 is 1.81 bits per heavy atom. The molecule has 0 unspecified atom stereocenters. The lowest BCUT2D eigenvalue weighted by molar-refractivity contribution is -0.697. The van der Waals surface area contributed by atoms with Gasteiger partial charge in [0.25, 0.3) is 5.56 Å². The maximum atomic E-state index is 13.3. The van der Waals surface area contributed by atoms with Gasteiger partial charge >= 0.3 is 0 Å². The highest BCUT2D eigenvalue weighted by Crippen LogP contribution is 2.18. The van der Waals surface area contributed by atoms with Gasteiger partial charge in [0, 0.05) is 6.42 Å². The summed E-state index contributed by atoms with van der Waals surface area (Å²) in [5.41, 5.74) is 2.85. The monoisotopic (exact) mass is 350 g/mol. The Kier molecular flexibility index (Phi) is 5.84. The summed E-state index contributed by atoms with van der Waals surface area (Å²) in [6, 6.07) is 15.9. The summed E-state index contributed by atoms with van der Waals surface area (Å²) >= 11 is 0. The van der Waals surface area contributed by atoms with Crippen LogP contribution in [0.15, 0.2) is 53.3 Å². The van der Waals surface area contributed by atoms with Gasteiger partial charge in [0.2, 0.25) is 0 Å². The number of nitrogens with two attached hydrogens (primary N) is 1. The van der Waals surface area contributed by atoms with Crippen molar-refractivity contribution in [2.24, 2.45) is 0 Å². The number of benzene rings is 2. The third-order valence-electron chi connectivity index (χ3n) is 4.87. The molecule has 0 aliphatic heterocycles. The highest BCUT2D eigenvalue weighted by molar-refractivity contribution is 5.77. The average molecular weight is 350 g/mol. The first-order valence-electron chi connectivity index (χ1n) is 9.57. The molecular formula is C22H28N3O+. The van der Waals surface area contributed by atoms with Gasteiger partial charge in [-0.25, -0.2) is 4.98 Å². The van der Waals surface area contributed by atoms with E-state index in [9.17, 15) is 4.79 Å². The number of fused-ring (bicyclic) bond motifs is 1. The van der Waals surface area contributed by atoms with Gasteiger partial charge in [-0.15, -0.1) is 0 Å². The Labute approximate surface area is 154 Å². The number of quaternary nitrogens is 1. The van der Waals surface area contributed by atoms with Crippen molar-refractivity contribution >= 4 is 10.9 Å². The minimum atomic E-state index is 0.0109. The van der Waals surface area contributed by atoms with E-state index in [4.69, 9.17) is 4.98 Å². The lowest BCUT2D eigenvalue weighted by Gasteiger charge is -2.19. The molecule has 2 aromatic carbocycles. The summed E-state index contributed by atoms with van der Waals surface area (Å²) in [6.45, 7) is 7.46. The van der Waals surface area contributed by atoms with Crippen molar-refractivity contribution in [1.82, 2.24) is 9.55 Å². The van der Waals surface area contributed by atoms with Crippen LogP contribution in [-0.4, -0.2) is 16.1 Å². The third kappa shape index (κ3) is 3.70. The fraction of sp³-hybridized carbons (Fsp3) is 0.364. The predicted octanol–water partition coefficient (Wildman–Crippen LogP) is 3.51. The molecule has 2 N–H and O–H groups in total. The molecule has 0 radical (unpaired) electrons. The molecule has 1 aromatic heterocycles. The van der Waals surface area contributed by atoms with Crippen LogP contribution in [0, 0.1) is 6.92 Å². The summed E-state index contributed by atoms with van der Waals surface area (Å²) in [5.74, 6) is 0.844. The van der Waals surface area contributed by atoms with Gasteiger partial charge in [-0.1, -0.05) is 50.1 Å². The molecule has 26 heavy (non-hydrogen) atoms. The first-order chi connectivity index (χ1) is 12.7. The SMILES string of the molecule is CCCC[NH2+][C@H](CC)c1nc2ccccc2c(=O)n1-c1ccc(C)cc1. The number of aromatic nitrogens is 2. The second kappa shape index (κ2) is 8.28. The molecule has 0 fully saturated rings. The van der Waals surface area contributed by atoms with Crippen molar-refractivity contribution < 1.29 is 5.32 Å². The summed E-state index contributed by atoms with van der Waals surface area (Å²) in [4.78, 5) is 18.2. The van der Waals surface area contributed by atoms with E-state index in [1.807, 2.05) is 48.5 Å². The second-order valence-electron chi connectivity index (χ2n) is 6.86. The molecule has 4 heteroatoms. The fourth-order valence-electron chi connectivity index (χ4n) is 3.32. The second-order valence-corrected chi connectivity index (χ2v) is 6.86. The quantitative estimate of drug-likeness (QED) is 0.663. The lowest BCUT2D eigenvalue weighted by Crippen LogP contribution is -2.85. The maximum absolute atomic E-state index is 13.3. The number of unbranched alkanes of at least 4 members (excludes halogenated alkanes) is 1. The molecule has 0 aliphatic carbocycles. The number of hydrogen-bond acceptors (Lipinski definition) is 2. The van der Waals surface area contributed by atoms with Crippen LogP contribution in [0.25, 0.3) is 16.6 Å². The van der Waals surface area contributed by atoms with E-state index in [0.29, 0.717) is 5.39 Å². The van der Waals surface area contributed by atoms with Crippen molar-refractivity contribution in [3.05, 3.63) is 70.3 Å². The maximum Gasteiger partial charge on any atom is 0.266 e. The Hall–Kier alpha value is -2.46. The van der Waals surface area contributed by atoms with Crippen molar-refractivity contribution in [2.75, 3.05) is 6.54 Å². The van der Waals surface area contributed by atoms with E-state index in [1.54, 1.807) is 4.57 Å². The minimum Gasteiger partial charge on any atom is -0.338 e. The Balaban J connectivity index is 2.20. The molecule has 3 rings (SSSR count). The molecular weight excluding hydrogens is 322 g/mol. The van der Waals surface area contributed by atoms with E-state index in [2.05, 4.69) is 26.1 Å². The number of rotatable bonds is 7. The first kappa shape index (κ1) is 18.3. The summed E-state index contributed by atoms with van der Waals surface area (Å²) in [5, 5.41) is 2.99. The van der Waals surface area contributed by atoms with Gasteiger partial charge in [-0.2, -0.15) is 0 Å². The number of aryl methyl sites for hydroxylation is 1. The molecule has 0 bridgehead atoms. The van der Waals surface area contributed by atoms with Gasteiger partial charge in [-0.3, -0.25) is 9.36 Å². The van der Waals surface area contributed by atoms with Crippen LogP contribution in [0.3, 0.4) is 0 Å². The van der Waals surface area contributed by atoms with Crippen molar-refractivity contribution in [3.63, 3.8) is 0 Å². The van der Waals surface area contributed by atoms with Crippen molar-refractivity contribution in [1.29, 1.82) is 0 Å². The standard InChI is InChI=1S/C22H27N3O/c1-4-6-15-23-19(5-2)21-24-20-10-8-7-9-18(20)22(26)25(21)17-13-11-16(3)12-14-17/h7-14,19,23H,4-6,15H2,1-3H3/p+1/t19-/m1/s1. The normalized spacial score (nSPS) is 12.4. The number of hydrogen-bond donors (Lipinski definition) is 1. The van der Waals surface area contributed by atoms with Crippen molar-refractivity contribution in [3.8, 4) is 5.69 Å². The summed E-state index contributed by atoms with van der Waals surface area (Å²) in [6.07, 6.45) is 3.27. The molecule has 0 saturated heterocycles. The number of nitrogens with zero attached hydrogens (tertiary/aromatic N) is 2. The van der Waals surface area contributed by atoms with E-state index >= 15 is 0 Å². The van der Waals surface area contributed by atoms with Gasteiger partial charge in [0.05, 0.1) is 23.1 Å². The average Bonchev–Trinajstić information content (AvgIpc) is 2.66. The van der Waals surface area contributed by atoms with E-state index in [1.165, 1.54) is 18.4 Å². The van der Waals surface area contributed by atoms with Gasteiger partial charge in [0.15, 0.2) is 5.82 Å². The van der Waals surface area contributed by atoms with E-state index < -0.39 is 0 Å².